The number of hydrogen-bond donors (Lipinski definition) is 0. The Hall–Kier alpha value is -3.02. The molecule has 0 aliphatic carbocycles. The number of thiazole rings is 1. The minimum atomic E-state index is -3.76. The van der Waals surface area contributed by atoms with Gasteiger partial charge >= 0.3 is 5.97 Å². The fourth-order valence-electron chi connectivity index (χ4n) is 4.20. The molecule has 0 saturated carbocycles. The number of aryl methyl sites for hydroxylation is 1. The zero-order valence-electron chi connectivity index (χ0n) is 20.5. The lowest BCUT2D eigenvalue weighted by Gasteiger charge is -2.30. The first kappa shape index (κ1) is 26.1. The first-order valence-corrected chi connectivity index (χ1v) is 14.0. The highest BCUT2D eigenvalue weighted by molar-refractivity contribution is 7.89. The number of ether oxygens (including phenoxy) is 2. The summed E-state index contributed by atoms with van der Waals surface area (Å²) in [5, 5.41) is 0. The molecule has 0 bridgehead atoms. The molecule has 1 aliphatic rings. The zero-order chi connectivity index (χ0) is 25.9. The van der Waals surface area contributed by atoms with Crippen LogP contribution in [0.25, 0.3) is 10.2 Å². The number of piperidine rings is 1. The molecule has 1 fully saturated rings. The van der Waals surface area contributed by atoms with Crippen LogP contribution in [0.15, 0.2) is 52.4 Å². The average molecular weight is 532 g/mol. The van der Waals surface area contributed by atoms with Gasteiger partial charge in [0.1, 0.15) is 12.3 Å². The van der Waals surface area contributed by atoms with Gasteiger partial charge in [0, 0.05) is 13.1 Å². The van der Waals surface area contributed by atoms with E-state index in [0.717, 1.165) is 15.8 Å². The highest BCUT2D eigenvalue weighted by Crippen LogP contribution is 2.26. The Balaban J connectivity index is 1.62. The lowest BCUT2D eigenvalue weighted by molar-refractivity contribution is -0.143. The summed E-state index contributed by atoms with van der Waals surface area (Å²) in [6, 6.07) is 12.0. The van der Waals surface area contributed by atoms with Crippen molar-refractivity contribution >= 4 is 43.5 Å². The summed E-state index contributed by atoms with van der Waals surface area (Å²) >= 11 is 1.32. The summed E-state index contributed by atoms with van der Waals surface area (Å²) in [6.07, 6.45) is 1.09. The van der Waals surface area contributed by atoms with Crippen molar-refractivity contribution in [3.05, 3.63) is 52.8 Å². The number of fused-ring (bicyclic) bond motifs is 1. The normalized spacial score (nSPS) is 17.3. The summed E-state index contributed by atoms with van der Waals surface area (Å²) in [6.45, 7) is 4.29. The Morgan fingerprint density at radius 2 is 1.92 bits per heavy atom. The van der Waals surface area contributed by atoms with Crippen molar-refractivity contribution in [2.45, 2.75) is 38.1 Å². The van der Waals surface area contributed by atoms with E-state index in [4.69, 9.17) is 9.47 Å². The third-order valence-corrected chi connectivity index (χ3v) is 8.99. The maximum absolute atomic E-state index is 13.2. The number of amides is 1. The molecule has 1 saturated heterocycles. The van der Waals surface area contributed by atoms with Gasteiger partial charge in [0.25, 0.3) is 5.91 Å². The zero-order valence-corrected chi connectivity index (χ0v) is 22.1. The summed E-state index contributed by atoms with van der Waals surface area (Å²) in [7, 11) is -2.25. The topological polar surface area (TPSA) is 107 Å². The van der Waals surface area contributed by atoms with Crippen molar-refractivity contribution in [2.75, 3.05) is 26.8 Å². The Kier molecular flexibility index (Phi) is 7.91. The maximum Gasteiger partial charge on any atom is 0.326 e. The maximum atomic E-state index is 13.2. The monoisotopic (exact) mass is 531 g/mol. The Morgan fingerprint density at radius 3 is 2.61 bits per heavy atom. The molecule has 1 aliphatic heterocycles. The fraction of sp³-hybridized carbons (Fsp3) is 0.400. The van der Waals surface area contributed by atoms with E-state index in [0.29, 0.717) is 29.9 Å². The third kappa shape index (κ3) is 5.53. The quantitative estimate of drug-likeness (QED) is 0.434. The SMILES string of the molecule is CCOC(=O)Cn1c(=NC(=O)C2CCCN(S(=O)(=O)c3ccc(OC)cc3)C2)sc2cc(C)ccc21. The van der Waals surface area contributed by atoms with Crippen LogP contribution in [-0.2, 0) is 30.9 Å². The van der Waals surface area contributed by atoms with Crippen LogP contribution >= 0.6 is 11.3 Å². The van der Waals surface area contributed by atoms with E-state index in [2.05, 4.69) is 4.99 Å². The number of benzene rings is 2. The van der Waals surface area contributed by atoms with Crippen LogP contribution in [0.5, 0.6) is 5.75 Å². The molecule has 3 aromatic rings. The average Bonchev–Trinajstić information content (AvgIpc) is 3.19. The van der Waals surface area contributed by atoms with E-state index in [1.807, 2.05) is 25.1 Å². The highest BCUT2D eigenvalue weighted by Gasteiger charge is 2.33. The lowest BCUT2D eigenvalue weighted by Crippen LogP contribution is -2.42. The van der Waals surface area contributed by atoms with Crippen molar-refractivity contribution < 1.29 is 27.5 Å². The number of carbonyl (C=O) groups is 2. The number of esters is 1. The van der Waals surface area contributed by atoms with Gasteiger partial charge < -0.3 is 14.0 Å². The molecule has 1 aromatic heterocycles. The number of aromatic nitrogens is 1. The van der Waals surface area contributed by atoms with Crippen molar-refractivity contribution in [1.82, 2.24) is 8.87 Å². The Bertz CT molecular complexity index is 1440. The number of nitrogens with zero attached hydrogens (tertiary/aromatic N) is 3. The molecule has 1 unspecified atom stereocenters. The molecule has 4 rings (SSSR count). The number of hydrogen-bond acceptors (Lipinski definition) is 7. The van der Waals surface area contributed by atoms with Gasteiger partial charge in [-0.05, 0) is 68.7 Å². The minimum absolute atomic E-state index is 0.0541. The first-order chi connectivity index (χ1) is 17.2. The molecular formula is C25H29N3O6S2. The van der Waals surface area contributed by atoms with E-state index in [9.17, 15) is 18.0 Å². The Morgan fingerprint density at radius 1 is 1.17 bits per heavy atom. The summed E-state index contributed by atoms with van der Waals surface area (Å²) in [5.74, 6) is -0.824. The molecule has 0 radical (unpaired) electrons. The van der Waals surface area contributed by atoms with E-state index in [1.54, 1.807) is 23.6 Å². The minimum Gasteiger partial charge on any atom is -0.497 e. The standard InChI is InChI=1S/C25H29N3O6S2/c1-4-34-23(29)16-28-21-12-7-17(2)14-22(21)35-25(28)26-24(30)18-6-5-13-27(15-18)36(31,32)20-10-8-19(33-3)9-11-20/h7-12,14,18H,4-6,13,15-16H2,1-3H3. The van der Waals surface area contributed by atoms with Gasteiger partial charge in [-0.25, -0.2) is 8.42 Å². The van der Waals surface area contributed by atoms with Gasteiger partial charge in [0.05, 0.1) is 34.7 Å². The second kappa shape index (κ2) is 10.9. The van der Waals surface area contributed by atoms with Gasteiger partial charge in [0.2, 0.25) is 10.0 Å². The van der Waals surface area contributed by atoms with Crippen molar-refractivity contribution in [3.63, 3.8) is 0 Å². The number of carbonyl (C=O) groups excluding carboxylic acids is 2. The van der Waals surface area contributed by atoms with Crippen molar-refractivity contribution in [2.24, 2.45) is 10.9 Å². The van der Waals surface area contributed by atoms with Gasteiger partial charge in [-0.15, -0.1) is 0 Å². The molecule has 0 N–H and O–H groups in total. The first-order valence-electron chi connectivity index (χ1n) is 11.7. The second-order valence-electron chi connectivity index (χ2n) is 8.57. The predicted octanol–water partition coefficient (Wildman–Crippen LogP) is 3.11. The van der Waals surface area contributed by atoms with Gasteiger partial charge in [0.15, 0.2) is 4.80 Å². The summed E-state index contributed by atoms with van der Waals surface area (Å²) < 4.78 is 40.5. The van der Waals surface area contributed by atoms with Crippen LogP contribution < -0.4 is 9.54 Å². The van der Waals surface area contributed by atoms with Crippen molar-refractivity contribution in [3.8, 4) is 5.75 Å². The van der Waals surface area contributed by atoms with E-state index >= 15 is 0 Å². The fourth-order valence-corrected chi connectivity index (χ4v) is 6.86. The molecule has 0 spiro atoms. The van der Waals surface area contributed by atoms with Gasteiger partial charge in [-0.1, -0.05) is 17.4 Å². The highest BCUT2D eigenvalue weighted by atomic mass is 32.2. The largest absolute Gasteiger partial charge is 0.497 e. The van der Waals surface area contributed by atoms with Crippen LogP contribution in [0.1, 0.15) is 25.3 Å². The van der Waals surface area contributed by atoms with Crippen LogP contribution in [0.2, 0.25) is 0 Å². The molecule has 192 valence electrons. The Labute approximate surface area is 214 Å². The summed E-state index contributed by atoms with van der Waals surface area (Å²) in [5.41, 5.74) is 1.84. The van der Waals surface area contributed by atoms with E-state index in [1.165, 1.54) is 34.9 Å². The lowest BCUT2D eigenvalue weighted by atomic mass is 9.99. The predicted molar refractivity (Wildman–Crippen MR) is 136 cm³/mol. The number of methoxy groups -OCH3 is 1. The number of rotatable bonds is 7. The summed E-state index contributed by atoms with van der Waals surface area (Å²) in [4.78, 5) is 30.4. The van der Waals surface area contributed by atoms with Crippen LogP contribution in [-0.4, -0.2) is 56.0 Å². The van der Waals surface area contributed by atoms with Crippen LogP contribution in [0.4, 0.5) is 0 Å². The van der Waals surface area contributed by atoms with Gasteiger partial charge in [-0.2, -0.15) is 9.30 Å². The van der Waals surface area contributed by atoms with E-state index in [-0.39, 0.29) is 24.6 Å². The van der Waals surface area contributed by atoms with Crippen LogP contribution in [0, 0.1) is 12.8 Å². The van der Waals surface area contributed by atoms with Crippen molar-refractivity contribution in [1.29, 1.82) is 0 Å². The number of sulfonamides is 1. The molecule has 1 atom stereocenters. The molecule has 11 heteroatoms. The molecule has 2 heterocycles. The molecule has 9 nitrogen and oxygen atoms in total. The van der Waals surface area contributed by atoms with E-state index < -0.39 is 27.8 Å². The third-order valence-electron chi connectivity index (χ3n) is 6.07. The van der Waals surface area contributed by atoms with Crippen LogP contribution in [0.3, 0.4) is 0 Å². The molecule has 36 heavy (non-hydrogen) atoms. The molecular weight excluding hydrogens is 502 g/mol. The molecule has 2 aromatic carbocycles. The second-order valence-corrected chi connectivity index (χ2v) is 11.5. The van der Waals surface area contributed by atoms with Gasteiger partial charge in [-0.3, -0.25) is 9.59 Å². The molecule has 1 amide bonds. The smallest absolute Gasteiger partial charge is 0.326 e.